The molecule has 196 valence electrons. The normalized spacial score (nSPS) is 20.9. The van der Waals surface area contributed by atoms with Crippen molar-refractivity contribution < 1.29 is 50.7 Å². The summed E-state index contributed by atoms with van der Waals surface area (Å²) in [6.07, 6.45) is -7.53. The summed E-state index contributed by atoms with van der Waals surface area (Å²) in [6, 6.07) is 1.51. The maximum absolute atomic E-state index is 10.6. The number of hydrogen-bond donors (Lipinski definition) is 2. The van der Waals surface area contributed by atoms with Crippen LogP contribution in [0.2, 0.25) is 0 Å². The Labute approximate surface area is 192 Å². The summed E-state index contributed by atoms with van der Waals surface area (Å²) in [7, 11) is 0. The first-order chi connectivity index (χ1) is 15.4. The number of alkyl halides is 6. The highest BCUT2D eigenvalue weighted by molar-refractivity contribution is 5.73. The topological polar surface area (TPSA) is 107 Å². The van der Waals surface area contributed by atoms with Gasteiger partial charge in [-0.25, -0.2) is 9.59 Å². The molecule has 14 heteroatoms. The molecule has 0 amide bonds. The van der Waals surface area contributed by atoms with E-state index in [2.05, 4.69) is 35.7 Å². The number of aromatic nitrogens is 1. The number of carbonyl (C=O) groups is 2. The number of carboxylic acid groups (broad SMARTS) is 2. The molecular formula is C20H29F6N3O5. The van der Waals surface area contributed by atoms with Crippen LogP contribution >= 0.6 is 0 Å². The fourth-order valence-corrected chi connectivity index (χ4v) is 3.99. The van der Waals surface area contributed by atoms with Gasteiger partial charge in [-0.1, -0.05) is 19.0 Å². The first-order valence-corrected chi connectivity index (χ1v) is 10.4. The molecule has 2 aliphatic heterocycles. The van der Waals surface area contributed by atoms with Crippen LogP contribution in [0.1, 0.15) is 43.7 Å². The molecule has 0 spiro atoms. The van der Waals surface area contributed by atoms with E-state index in [0.29, 0.717) is 0 Å². The predicted octanol–water partition coefficient (Wildman–Crippen LogP) is 3.86. The van der Waals surface area contributed by atoms with Gasteiger partial charge in [-0.3, -0.25) is 9.80 Å². The van der Waals surface area contributed by atoms with E-state index in [0.717, 1.165) is 36.0 Å². The molecule has 34 heavy (non-hydrogen) atoms. The first-order valence-electron chi connectivity index (χ1n) is 10.4. The van der Waals surface area contributed by atoms with Gasteiger partial charge in [0, 0.05) is 43.8 Å². The SMILES string of the molecule is Cc1noc(C)c1CN1CC[C@H]2[C@H]1CCN2CC(C)C.O=C(O)C(F)(F)F.O=C(O)C(F)(F)F. The lowest BCUT2D eigenvalue weighted by Crippen LogP contribution is -2.37. The second-order valence-corrected chi connectivity index (χ2v) is 8.48. The maximum atomic E-state index is 10.6. The average Bonchev–Trinajstić information content (AvgIpc) is 3.34. The molecule has 0 aliphatic carbocycles. The molecule has 2 fully saturated rings. The Hall–Kier alpha value is -2.35. The Morgan fingerprint density at radius 2 is 1.38 bits per heavy atom. The van der Waals surface area contributed by atoms with Gasteiger partial charge in [-0.2, -0.15) is 26.3 Å². The first kappa shape index (κ1) is 29.7. The minimum Gasteiger partial charge on any atom is -0.475 e. The average molecular weight is 505 g/mol. The van der Waals surface area contributed by atoms with Gasteiger partial charge >= 0.3 is 24.3 Å². The summed E-state index contributed by atoms with van der Waals surface area (Å²) in [5, 5.41) is 18.3. The lowest BCUT2D eigenvalue weighted by atomic mass is 10.1. The monoisotopic (exact) mass is 505 g/mol. The number of fused-ring (bicyclic) bond motifs is 1. The standard InChI is InChI=1S/C16H27N3O.2C2HF3O2/c1-11(2)9-18-7-5-16-15(18)6-8-19(16)10-14-12(3)17-20-13(14)4;2*3-2(4,5)1(6)7/h11,15-16H,5-10H2,1-4H3;2*(H,6,7)/t15-,16+;;/m0../s1. The summed E-state index contributed by atoms with van der Waals surface area (Å²) in [5.41, 5.74) is 2.36. The number of hydrogen-bond acceptors (Lipinski definition) is 6. The van der Waals surface area contributed by atoms with Crippen LogP contribution in [0.3, 0.4) is 0 Å². The Balaban J connectivity index is 0.000000343. The summed E-state index contributed by atoms with van der Waals surface area (Å²) >= 11 is 0. The third-order valence-corrected chi connectivity index (χ3v) is 5.43. The van der Waals surface area contributed by atoms with E-state index in [1.807, 2.05) is 6.92 Å². The zero-order valence-electron chi connectivity index (χ0n) is 19.2. The van der Waals surface area contributed by atoms with Gasteiger partial charge in [0.25, 0.3) is 0 Å². The molecule has 2 saturated heterocycles. The summed E-state index contributed by atoms with van der Waals surface area (Å²) in [5.74, 6) is -3.76. The molecule has 3 rings (SSSR count). The third-order valence-electron chi connectivity index (χ3n) is 5.43. The number of nitrogens with zero attached hydrogens (tertiary/aromatic N) is 3. The van der Waals surface area contributed by atoms with E-state index in [1.54, 1.807) is 0 Å². The molecule has 2 aliphatic rings. The second kappa shape index (κ2) is 11.9. The highest BCUT2D eigenvalue weighted by atomic mass is 19.4. The van der Waals surface area contributed by atoms with Gasteiger partial charge in [0.2, 0.25) is 0 Å². The zero-order valence-corrected chi connectivity index (χ0v) is 19.2. The Kier molecular flexibility index (Phi) is 10.4. The van der Waals surface area contributed by atoms with E-state index in [-0.39, 0.29) is 0 Å². The lowest BCUT2D eigenvalue weighted by Gasteiger charge is -2.26. The number of aliphatic carboxylic acids is 2. The van der Waals surface area contributed by atoms with Crippen LogP contribution in [0.5, 0.6) is 0 Å². The Morgan fingerprint density at radius 1 is 0.971 bits per heavy atom. The summed E-state index contributed by atoms with van der Waals surface area (Å²) < 4.78 is 68.8. The summed E-state index contributed by atoms with van der Waals surface area (Å²) in [6.45, 7) is 13.5. The van der Waals surface area contributed by atoms with Crippen molar-refractivity contribution in [3.8, 4) is 0 Å². The van der Waals surface area contributed by atoms with Crippen molar-refractivity contribution in [2.45, 2.75) is 71.5 Å². The van der Waals surface area contributed by atoms with Gasteiger partial charge in [-0.05, 0) is 32.6 Å². The van der Waals surface area contributed by atoms with Crippen molar-refractivity contribution in [3.63, 3.8) is 0 Å². The smallest absolute Gasteiger partial charge is 0.475 e. The molecule has 0 radical (unpaired) electrons. The summed E-state index contributed by atoms with van der Waals surface area (Å²) in [4.78, 5) is 23.2. The van der Waals surface area contributed by atoms with Crippen molar-refractivity contribution in [1.29, 1.82) is 0 Å². The van der Waals surface area contributed by atoms with Crippen LogP contribution in [-0.2, 0) is 16.1 Å². The Morgan fingerprint density at radius 3 is 1.74 bits per heavy atom. The zero-order chi connectivity index (χ0) is 26.4. The molecule has 3 heterocycles. The molecule has 0 bridgehead atoms. The van der Waals surface area contributed by atoms with Crippen LogP contribution < -0.4 is 0 Å². The minimum absolute atomic E-state index is 0.738. The van der Waals surface area contributed by atoms with Crippen molar-refractivity contribution in [1.82, 2.24) is 15.0 Å². The van der Waals surface area contributed by atoms with Crippen molar-refractivity contribution in [3.05, 3.63) is 17.0 Å². The number of halogens is 6. The highest BCUT2D eigenvalue weighted by Crippen LogP contribution is 2.33. The molecule has 0 unspecified atom stereocenters. The highest BCUT2D eigenvalue weighted by Gasteiger charge is 2.42. The Bertz CT molecular complexity index is 781. The van der Waals surface area contributed by atoms with Crippen LogP contribution in [0.15, 0.2) is 4.52 Å². The molecule has 2 N–H and O–H groups in total. The van der Waals surface area contributed by atoms with Crippen LogP contribution in [0, 0.1) is 19.8 Å². The lowest BCUT2D eigenvalue weighted by molar-refractivity contribution is -0.193. The number of aryl methyl sites for hydroxylation is 2. The van der Waals surface area contributed by atoms with Crippen LogP contribution in [0.4, 0.5) is 26.3 Å². The van der Waals surface area contributed by atoms with Gasteiger partial charge < -0.3 is 14.7 Å². The van der Waals surface area contributed by atoms with E-state index < -0.39 is 24.3 Å². The van der Waals surface area contributed by atoms with Gasteiger partial charge in [0.05, 0.1) is 5.69 Å². The van der Waals surface area contributed by atoms with E-state index >= 15 is 0 Å². The molecule has 0 saturated carbocycles. The van der Waals surface area contributed by atoms with Crippen LogP contribution in [0.25, 0.3) is 0 Å². The number of carboxylic acids is 2. The molecule has 1 aromatic heterocycles. The van der Waals surface area contributed by atoms with Gasteiger partial charge in [0.1, 0.15) is 5.76 Å². The van der Waals surface area contributed by atoms with Gasteiger partial charge in [-0.15, -0.1) is 0 Å². The molecule has 8 nitrogen and oxygen atoms in total. The van der Waals surface area contributed by atoms with Crippen molar-refractivity contribution in [2.75, 3.05) is 19.6 Å². The maximum Gasteiger partial charge on any atom is 0.490 e. The fraction of sp³-hybridized carbons (Fsp3) is 0.750. The molecule has 0 aromatic carbocycles. The quantitative estimate of drug-likeness (QED) is 0.595. The van der Waals surface area contributed by atoms with Crippen molar-refractivity contribution in [2.24, 2.45) is 5.92 Å². The van der Waals surface area contributed by atoms with E-state index in [4.69, 9.17) is 24.3 Å². The third kappa shape index (κ3) is 8.78. The molecule has 1 aromatic rings. The second-order valence-electron chi connectivity index (χ2n) is 8.48. The number of likely N-dealkylation sites (tertiary alicyclic amines) is 2. The largest absolute Gasteiger partial charge is 0.490 e. The van der Waals surface area contributed by atoms with Gasteiger partial charge in [0.15, 0.2) is 0 Å². The minimum atomic E-state index is -5.08. The number of rotatable bonds is 4. The van der Waals surface area contributed by atoms with Crippen LogP contribution in [-0.4, -0.2) is 81.2 Å². The van der Waals surface area contributed by atoms with E-state index in [9.17, 15) is 26.3 Å². The molecule has 2 atom stereocenters. The fourth-order valence-electron chi connectivity index (χ4n) is 3.99. The van der Waals surface area contributed by atoms with E-state index in [1.165, 1.54) is 38.0 Å². The predicted molar refractivity (Wildman–Crippen MR) is 107 cm³/mol. The van der Waals surface area contributed by atoms with Crippen molar-refractivity contribution >= 4 is 11.9 Å². The molecular weight excluding hydrogens is 476 g/mol.